The summed E-state index contributed by atoms with van der Waals surface area (Å²) in [7, 11) is -4.28. The third kappa shape index (κ3) is 3.72. The molecular weight excluding hydrogens is 320 g/mol. The molecule has 4 heteroatoms. The van der Waals surface area contributed by atoms with Gasteiger partial charge < -0.3 is 0 Å². The van der Waals surface area contributed by atoms with Crippen LogP contribution >= 0.6 is 0 Å². The lowest BCUT2D eigenvalue weighted by molar-refractivity contribution is 0.481. The highest BCUT2D eigenvalue weighted by Crippen LogP contribution is 2.32. The second-order valence-corrected chi connectivity index (χ2v) is 7.06. The molecule has 3 nitrogen and oxygen atoms in total. The molecule has 24 heavy (non-hydrogen) atoms. The van der Waals surface area contributed by atoms with E-state index in [-0.39, 0.29) is 10.8 Å². The van der Waals surface area contributed by atoms with Gasteiger partial charge in [0, 0.05) is 5.92 Å². The van der Waals surface area contributed by atoms with Crippen molar-refractivity contribution in [1.82, 2.24) is 0 Å². The molecule has 3 aromatic rings. The van der Waals surface area contributed by atoms with E-state index in [2.05, 4.69) is 0 Å². The van der Waals surface area contributed by atoms with E-state index in [1.807, 2.05) is 60.7 Å². The molecule has 0 radical (unpaired) electrons. The lowest BCUT2D eigenvalue weighted by Gasteiger charge is -2.20. The van der Waals surface area contributed by atoms with Crippen molar-refractivity contribution in [1.29, 1.82) is 0 Å². The van der Waals surface area contributed by atoms with Crippen molar-refractivity contribution in [2.75, 3.05) is 0 Å². The zero-order valence-corrected chi connectivity index (χ0v) is 13.9. The van der Waals surface area contributed by atoms with Gasteiger partial charge in [-0.2, -0.15) is 8.42 Å². The standard InChI is InChI=1S/C20H18O3S/c21-24(22,23)20-14-8-7-13-18(20)19(17-11-5-2-6-12-17)15-16-9-3-1-4-10-16/h1-14,19H,15H2,(H,21,22,23). The van der Waals surface area contributed by atoms with Crippen LogP contribution < -0.4 is 0 Å². The molecule has 0 aliphatic rings. The third-order valence-corrected chi connectivity index (χ3v) is 4.98. The molecule has 1 atom stereocenters. The second-order valence-electron chi connectivity index (χ2n) is 5.67. The van der Waals surface area contributed by atoms with E-state index in [0.29, 0.717) is 12.0 Å². The summed E-state index contributed by atoms with van der Waals surface area (Å²) >= 11 is 0. The minimum atomic E-state index is -4.28. The highest BCUT2D eigenvalue weighted by molar-refractivity contribution is 7.85. The maximum absolute atomic E-state index is 11.8. The van der Waals surface area contributed by atoms with Gasteiger partial charge in [0.15, 0.2) is 0 Å². The van der Waals surface area contributed by atoms with Gasteiger partial charge in [-0.15, -0.1) is 0 Å². The van der Waals surface area contributed by atoms with Crippen LogP contribution in [-0.2, 0) is 16.5 Å². The summed E-state index contributed by atoms with van der Waals surface area (Å²) in [5, 5.41) is 0. The van der Waals surface area contributed by atoms with E-state index >= 15 is 0 Å². The molecule has 3 aromatic carbocycles. The maximum Gasteiger partial charge on any atom is 0.294 e. The van der Waals surface area contributed by atoms with Crippen molar-refractivity contribution in [2.45, 2.75) is 17.2 Å². The summed E-state index contributed by atoms with van der Waals surface area (Å²) in [6, 6.07) is 26.3. The maximum atomic E-state index is 11.8. The largest absolute Gasteiger partial charge is 0.294 e. The Hall–Kier alpha value is -2.43. The Morgan fingerprint density at radius 1 is 0.750 bits per heavy atom. The van der Waals surface area contributed by atoms with Crippen molar-refractivity contribution < 1.29 is 13.0 Å². The van der Waals surface area contributed by atoms with Crippen LogP contribution in [0.15, 0.2) is 89.8 Å². The minimum Gasteiger partial charge on any atom is -0.282 e. The fourth-order valence-electron chi connectivity index (χ4n) is 2.95. The average molecular weight is 338 g/mol. The third-order valence-electron chi connectivity index (χ3n) is 4.06. The number of benzene rings is 3. The lowest BCUT2D eigenvalue weighted by Crippen LogP contribution is -2.11. The second kappa shape index (κ2) is 6.99. The Morgan fingerprint density at radius 3 is 1.92 bits per heavy atom. The normalized spacial score (nSPS) is 12.7. The first-order valence-corrected chi connectivity index (χ1v) is 9.15. The monoisotopic (exact) mass is 338 g/mol. The SMILES string of the molecule is O=S(=O)(O)c1ccccc1C(Cc1ccccc1)c1ccccc1. The van der Waals surface area contributed by atoms with E-state index in [9.17, 15) is 13.0 Å². The average Bonchev–Trinajstić information content (AvgIpc) is 2.61. The van der Waals surface area contributed by atoms with E-state index in [1.165, 1.54) is 6.07 Å². The van der Waals surface area contributed by atoms with Gasteiger partial charge in [-0.05, 0) is 29.2 Å². The topological polar surface area (TPSA) is 54.4 Å². The van der Waals surface area contributed by atoms with Crippen molar-refractivity contribution in [3.05, 3.63) is 102 Å². The summed E-state index contributed by atoms with van der Waals surface area (Å²) in [6.07, 6.45) is 0.650. The molecule has 0 aliphatic heterocycles. The van der Waals surface area contributed by atoms with Gasteiger partial charge in [0.2, 0.25) is 0 Å². The van der Waals surface area contributed by atoms with E-state index < -0.39 is 10.1 Å². The summed E-state index contributed by atoms with van der Waals surface area (Å²) in [6.45, 7) is 0. The van der Waals surface area contributed by atoms with Crippen LogP contribution in [0.3, 0.4) is 0 Å². The molecule has 0 fully saturated rings. The van der Waals surface area contributed by atoms with Crippen LogP contribution in [0, 0.1) is 0 Å². The fraction of sp³-hybridized carbons (Fsp3) is 0.100. The number of hydrogen-bond acceptors (Lipinski definition) is 2. The Balaban J connectivity index is 2.13. The quantitative estimate of drug-likeness (QED) is 0.705. The highest BCUT2D eigenvalue weighted by atomic mass is 32.2. The Labute approximate surface area is 142 Å². The zero-order chi connectivity index (χ0) is 17.0. The lowest BCUT2D eigenvalue weighted by atomic mass is 9.86. The van der Waals surface area contributed by atoms with Crippen LogP contribution in [0.25, 0.3) is 0 Å². The fourth-order valence-corrected chi connectivity index (χ4v) is 3.70. The first-order valence-electron chi connectivity index (χ1n) is 7.71. The van der Waals surface area contributed by atoms with Gasteiger partial charge in [0.25, 0.3) is 10.1 Å². The molecule has 1 unspecified atom stereocenters. The minimum absolute atomic E-state index is 0.0326. The van der Waals surface area contributed by atoms with Crippen LogP contribution in [0.5, 0.6) is 0 Å². The summed E-state index contributed by atoms with van der Waals surface area (Å²) in [5.41, 5.74) is 2.73. The van der Waals surface area contributed by atoms with Crippen molar-refractivity contribution >= 4 is 10.1 Å². The van der Waals surface area contributed by atoms with Gasteiger partial charge in [-0.3, -0.25) is 4.55 Å². The van der Waals surface area contributed by atoms with E-state index in [1.54, 1.807) is 18.2 Å². The van der Waals surface area contributed by atoms with Gasteiger partial charge in [0.05, 0.1) is 4.90 Å². The molecule has 122 valence electrons. The van der Waals surface area contributed by atoms with Gasteiger partial charge in [0.1, 0.15) is 0 Å². The molecule has 1 N–H and O–H groups in total. The van der Waals surface area contributed by atoms with E-state index in [4.69, 9.17) is 0 Å². The Morgan fingerprint density at radius 2 is 1.29 bits per heavy atom. The molecule has 0 aliphatic carbocycles. The Kier molecular flexibility index (Phi) is 4.79. The van der Waals surface area contributed by atoms with Crippen molar-refractivity contribution in [2.24, 2.45) is 0 Å². The predicted molar refractivity (Wildman–Crippen MR) is 94.7 cm³/mol. The number of rotatable bonds is 5. The summed E-state index contributed by atoms with van der Waals surface area (Å²) < 4.78 is 33.2. The van der Waals surface area contributed by atoms with Gasteiger partial charge >= 0.3 is 0 Å². The van der Waals surface area contributed by atoms with Crippen molar-refractivity contribution in [3.8, 4) is 0 Å². The molecule has 3 rings (SSSR count). The van der Waals surface area contributed by atoms with Crippen LogP contribution in [-0.4, -0.2) is 13.0 Å². The van der Waals surface area contributed by atoms with Crippen molar-refractivity contribution in [3.63, 3.8) is 0 Å². The zero-order valence-electron chi connectivity index (χ0n) is 13.0. The summed E-state index contributed by atoms with van der Waals surface area (Å²) in [5.74, 6) is -0.160. The van der Waals surface area contributed by atoms with Crippen LogP contribution in [0.2, 0.25) is 0 Å². The molecule has 0 heterocycles. The molecular formula is C20H18O3S. The molecule has 0 bridgehead atoms. The van der Waals surface area contributed by atoms with Crippen LogP contribution in [0.4, 0.5) is 0 Å². The molecule has 0 saturated carbocycles. The van der Waals surface area contributed by atoms with E-state index in [0.717, 1.165) is 11.1 Å². The molecule has 0 amide bonds. The molecule has 0 saturated heterocycles. The van der Waals surface area contributed by atoms with Gasteiger partial charge in [-0.25, -0.2) is 0 Å². The predicted octanol–water partition coefficient (Wildman–Crippen LogP) is 4.31. The first-order chi connectivity index (χ1) is 11.6. The molecule has 0 spiro atoms. The smallest absolute Gasteiger partial charge is 0.282 e. The van der Waals surface area contributed by atoms with Crippen LogP contribution in [0.1, 0.15) is 22.6 Å². The first kappa shape index (κ1) is 16.4. The summed E-state index contributed by atoms with van der Waals surface area (Å²) in [4.78, 5) is -0.0326. The molecule has 0 aromatic heterocycles. The Bertz CT molecular complexity index is 904. The number of hydrogen-bond donors (Lipinski definition) is 1. The highest BCUT2D eigenvalue weighted by Gasteiger charge is 2.23. The van der Waals surface area contributed by atoms with Gasteiger partial charge in [-0.1, -0.05) is 78.9 Å².